The molecule has 17 heavy (non-hydrogen) atoms. The quantitative estimate of drug-likeness (QED) is 0.746. The summed E-state index contributed by atoms with van der Waals surface area (Å²) in [4.78, 5) is 4.02. The van der Waals surface area contributed by atoms with E-state index in [0.29, 0.717) is 0 Å². The molecule has 2 heterocycles. The van der Waals surface area contributed by atoms with Crippen molar-refractivity contribution < 1.29 is 0 Å². The van der Waals surface area contributed by atoms with Crippen molar-refractivity contribution in [2.24, 2.45) is 5.73 Å². The Morgan fingerprint density at radius 3 is 2.65 bits per heavy atom. The zero-order valence-electron chi connectivity index (χ0n) is 9.21. The first kappa shape index (κ1) is 10.4. The maximum atomic E-state index is 6.31. The average Bonchev–Trinajstić information content (AvgIpc) is 2.83. The lowest BCUT2D eigenvalue weighted by Gasteiger charge is -2.10. The monoisotopic (exact) mass is 240 g/mol. The summed E-state index contributed by atoms with van der Waals surface area (Å²) in [5.74, 6) is 0. The number of pyridine rings is 1. The maximum Gasteiger partial charge on any atom is 0.0567 e. The van der Waals surface area contributed by atoms with Crippen LogP contribution in [0.4, 0.5) is 0 Å². The van der Waals surface area contributed by atoms with E-state index in [2.05, 4.69) is 34.6 Å². The molecule has 84 valence electrons. The molecule has 0 aliphatic rings. The molecule has 2 nitrogen and oxygen atoms in total. The van der Waals surface area contributed by atoms with Crippen LogP contribution in [0.1, 0.15) is 17.2 Å². The molecule has 1 unspecified atom stereocenters. The minimum Gasteiger partial charge on any atom is -0.320 e. The summed E-state index contributed by atoms with van der Waals surface area (Å²) in [6.45, 7) is 0. The number of thiophene rings is 1. The highest BCUT2D eigenvalue weighted by Crippen LogP contribution is 2.31. The molecule has 2 aromatic heterocycles. The molecule has 3 aromatic rings. The van der Waals surface area contributed by atoms with Crippen LogP contribution < -0.4 is 5.73 Å². The van der Waals surface area contributed by atoms with Crippen molar-refractivity contribution >= 4 is 21.4 Å². The lowest BCUT2D eigenvalue weighted by atomic mass is 10.0. The maximum absolute atomic E-state index is 6.31. The van der Waals surface area contributed by atoms with Crippen LogP contribution in [0.2, 0.25) is 0 Å². The Hall–Kier alpha value is -1.71. The van der Waals surface area contributed by atoms with Gasteiger partial charge in [-0.2, -0.15) is 0 Å². The fraction of sp³-hybridized carbons (Fsp3) is 0.0714. The second-order valence-corrected chi connectivity index (χ2v) is 4.86. The topological polar surface area (TPSA) is 38.9 Å². The van der Waals surface area contributed by atoms with Crippen molar-refractivity contribution in [3.8, 4) is 0 Å². The van der Waals surface area contributed by atoms with Gasteiger partial charge in [0, 0.05) is 17.1 Å². The molecular formula is C14H12N2S. The van der Waals surface area contributed by atoms with E-state index in [1.807, 2.05) is 12.1 Å². The average molecular weight is 240 g/mol. The number of nitrogens with two attached hydrogens (primary N) is 1. The molecular weight excluding hydrogens is 228 g/mol. The van der Waals surface area contributed by atoms with Gasteiger partial charge in [-0.3, -0.25) is 4.98 Å². The fourth-order valence-electron chi connectivity index (χ4n) is 1.99. The van der Waals surface area contributed by atoms with E-state index in [0.717, 1.165) is 5.56 Å². The molecule has 0 bridgehead atoms. The molecule has 0 amide bonds. The van der Waals surface area contributed by atoms with Crippen LogP contribution in [-0.2, 0) is 0 Å². The number of hydrogen-bond donors (Lipinski definition) is 1. The molecule has 0 saturated carbocycles. The highest BCUT2D eigenvalue weighted by atomic mass is 32.1. The predicted octanol–water partition coefficient (Wildman–Crippen LogP) is 3.34. The Morgan fingerprint density at radius 1 is 1.06 bits per heavy atom. The summed E-state index contributed by atoms with van der Waals surface area (Å²) in [6.07, 6.45) is 3.56. The van der Waals surface area contributed by atoms with E-state index in [1.54, 1.807) is 23.7 Å². The van der Waals surface area contributed by atoms with Gasteiger partial charge in [-0.15, -0.1) is 11.3 Å². The van der Waals surface area contributed by atoms with E-state index >= 15 is 0 Å². The summed E-state index contributed by atoms with van der Waals surface area (Å²) in [5.41, 5.74) is 8.60. The van der Waals surface area contributed by atoms with Gasteiger partial charge < -0.3 is 5.73 Å². The summed E-state index contributed by atoms with van der Waals surface area (Å²) in [5, 5.41) is 3.40. The third-order valence-corrected chi connectivity index (χ3v) is 3.89. The normalized spacial score (nSPS) is 12.8. The highest BCUT2D eigenvalue weighted by Gasteiger charge is 2.13. The summed E-state index contributed by atoms with van der Waals surface area (Å²) < 4.78 is 1.28. The SMILES string of the molecule is NC(c1ccncc1)c1csc2ccccc12. The molecule has 0 saturated heterocycles. The van der Waals surface area contributed by atoms with Crippen molar-refractivity contribution in [3.05, 3.63) is 65.3 Å². The van der Waals surface area contributed by atoms with E-state index in [9.17, 15) is 0 Å². The van der Waals surface area contributed by atoms with Gasteiger partial charge >= 0.3 is 0 Å². The molecule has 2 N–H and O–H groups in total. The third-order valence-electron chi connectivity index (χ3n) is 2.91. The van der Waals surface area contributed by atoms with Crippen LogP contribution in [0.5, 0.6) is 0 Å². The largest absolute Gasteiger partial charge is 0.320 e. The Kier molecular flexibility index (Phi) is 2.63. The number of fused-ring (bicyclic) bond motifs is 1. The molecule has 1 atom stereocenters. The zero-order chi connectivity index (χ0) is 11.7. The van der Waals surface area contributed by atoms with Crippen molar-refractivity contribution in [1.29, 1.82) is 0 Å². The summed E-state index contributed by atoms with van der Waals surface area (Å²) >= 11 is 1.74. The van der Waals surface area contributed by atoms with Crippen LogP contribution in [0.25, 0.3) is 10.1 Å². The second kappa shape index (κ2) is 4.28. The Morgan fingerprint density at radius 2 is 1.82 bits per heavy atom. The van der Waals surface area contributed by atoms with E-state index in [-0.39, 0.29) is 6.04 Å². The van der Waals surface area contributed by atoms with Crippen molar-refractivity contribution in [3.63, 3.8) is 0 Å². The smallest absolute Gasteiger partial charge is 0.0567 e. The lowest BCUT2D eigenvalue weighted by molar-refractivity contribution is 0.881. The molecule has 1 aromatic carbocycles. The van der Waals surface area contributed by atoms with E-state index in [4.69, 9.17) is 5.73 Å². The number of rotatable bonds is 2. The Labute approximate surface area is 104 Å². The molecule has 0 fully saturated rings. The van der Waals surface area contributed by atoms with Crippen molar-refractivity contribution in [2.75, 3.05) is 0 Å². The van der Waals surface area contributed by atoms with Crippen LogP contribution >= 0.6 is 11.3 Å². The van der Waals surface area contributed by atoms with Crippen LogP contribution in [0.15, 0.2) is 54.2 Å². The Balaban J connectivity index is 2.10. The first-order valence-electron chi connectivity index (χ1n) is 5.48. The van der Waals surface area contributed by atoms with Gasteiger partial charge in [0.2, 0.25) is 0 Å². The molecule has 3 rings (SSSR count). The van der Waals surface area contributed by atoms with Gasteiger partial charge in [-0.1, -0.05) is 18.2 Å². The Bertz CT molecular complexity index is 631. The molecule has 0 aliphatic heterocycles. The number of benzene rings is 1. The van der Waals surface area contributed by atoms with Crippen molar-refractivity contribution in [1.82, 2.24) is 4.98 Å². The highest BCUT2D eigenvalue weighted by molar-refractivity contribution is 7.17. The third kappa shape index (κ3) is 1.84. The zero-order valence-corrected chi connectivity index (χ0v) is 10.0. The van der Waals surface area contributed by atoms with E-state index < -0.39 is 0 Å². The van der Waals surface area contributed by atoms with Crippen LogP contribution in [0, 0.1) is 0 Å². The van der Waals surface area contributed by atoms with Crippen LogP contribution in [0.3, 0.4) is 0 Å². The lowest BCUT2D eigenvalue weighted by Crippen LogP contribution is -2.11. The minimum atomic E-state index is -0.0749. The molecule has 0 aliphatic carbocycles. The first-order chi connectivity index (χ1) is 8.36. The van der Waals surface area contributed by atoms with Crippen molar-refractivity contribution in [2.45, 2.75) is 6.04 Å². The summed E-state index contributed by atoms with van der Waals surface area (Å²) in [6, 6.07) is 12.2. The first-order valence-corrected chi connectivity index (χ1v) is 6.36. The van der Waals surface area contributed by atoms with Gasteiger partial charge in [0.25, 0.3) is 0 Å². The van der Waals surface area contributed by atoms with Gasteiger partial charge in [0.15, 0.2) is 0 Å². The summed E-state index contributed by atoms with van der Waals surface area (Å²) in [7, 11) is 0. The van der Waals surface area contributed by atoms with E-state index in [1.165, 1.54) is 15.6 Å². The number of hydrogen-bond acceptors (Lipinski definition) is 3. The van der Waals surface area contributed by atoms with Gasteiger partial charge in [-0.05, 0) is 40.1 Å². The fourth-order valence-corrected chi connectivity index (χ4v) is 2.99. The molecule has 0 spiro atoms. The van der Waals surface area contributed by atoms with Gasteiger partial charge in [0.05, 0.1) is 6.04 Å². The van der Waals surface area contributed by atoms with Gasteiger partial charge in [0.1, 0.15) is 0 Å². The number of aromatic nitrogens is 1. The minimum absolute atomic E-state index is 0.0749. The molecule has 0 radical (unpaired) electrons. The van der Waals surface area contributed by atoms with Gasteiger partial charge in [-0.25, -0.2) is 0 Å². The molecule has 3 heteroatoms. The predicted molar refractivity (Wildman–Crippen MR) is 72.1 cm³/mol. The second-order valence-electron chi connectivity index (χ2n) is 3.95. The standard InChI is InChI=1S/C14H12N2S/c15-14(10-5-7-16-8-6-10)12-9-17-13-4-2-1-3-11(12)13/h1-9,14H,15H2. The van der Waals surface area contributed by atoms with Crippen LogP contribution in [-0.4, -0.2) is 4.98 Å². The number of nitrogens with zero attached hydrogens (tertiary/aromatic N) is 1.